The summed E-state index contributed by atoms with van der Waals surface area (Å²) in [7, 11) is 0. The molecule has 4 heteroatoms. The molecule has 2 rings (SSSR count). The van der Waals surface area contributed by atoms with Crippen LogP contribution in [0.15, 0.2) is 42.5 Å². The summed E-state index contributed by atoms with van der Waals surface area (Å²) in [4.78, 5) is 0. The first-order chi connectivity index (χ1) is 10.1. The maximum Gasteiger partial charge on any atom is 0.142 e. The number of hydrogen-bond donors (Lipinski definition) is 1. The molecule has 0 radical (unpaired) electrons. The maximum atomic E-state index is 13.5. The standard InChI is InChI=1S/C17H19ClFNO/c1-3-10-21-17-7-5-4-6-16(17)20-12(2)13-8-9-14(18)15(19)11-13/h4-9,11-12,20H,3,10H2,1-2H3. The molecule has 0 spiro atoms. The molecule has 0 heterocycles. The second-order valence-corrected chi connectivity index (χ2v) is 5.29. The van der Waals surface area contributed by atoms with Crippen LogP contribution in [0, 0.1) is 5.82 Å². The SMILES string of the molecule is CCCOc1ccccc1NC(C)c1ccc(Cl)c(F)c1. The fourth-order valence-electron chi connectivity index (χ4n) is 2.02. The lowest BCUT2D eigenvalue weighted by atomic mass is 10.1. The first-order valence-corrected chi connectivity index (χ1v) is 7.43. The van der Waals surface area contributed by atoms with Crippen LogP contribution >= 0.6 is 11.6 Å². The molecule has 0 aromatic heterocycles. The van der Waals surface area contributed by atoms with Crippen LogP contribution < -0.4 is 10.1 Å². The Hall–Kier alpha value is -1.74. The minimum Gasteiger partial charge on any atom is -0.491 e. The van der Waals surface area contributed by atoms with E-state index < -0.39 is 5.82 Å². The highest BCUT2D eigenvalue weighted by atomic mass is 35.5. The van der Waals surface area contributed by atoms with E-state index in [2.05, 4.69) is 12.2 Å². The van der Waals surface area contributed by atoms with E-state index in [1.807, 2.05) is 37.3 Å². The highest BCUT2D eigenvalue weighted by Crippen LogP contribution is 2.29. The van der Waals surface area contributed by atoms with Crippen LogP contribution in [0.5, 0.6) is 5.75 Å². The summed E-state index contributed by atoms with van der Waals surface area (Å²) in [6.45, 7) is 4.71. The van der Waals surface area contributed by atoms with E-state index in [4.69, 9.17) is 16.3 Å². The van der Waals surface area contributed by atoms with Gasteiger partial charge in [-0.1, -0.05) is 36.7 Å². The molecule has 112 valence electrons. The Kier molecular flexibility index (Phi) is 5.45. The lowest BCUT2D eigenvalue weighted by molar-refractivity contribution is 0.318. The molecule has 0 bridgehead atoms. The number of anilines is 1. The normalized spacial score (nSPS) is 12.0. The van der Waals surface area contributed by atoms with Crippen molar-refractivity contribution in [2.24, 2.45) is 0 Å². The lowest BCUT2D eigenvalue weighted by Gasteiger charge is -2.19. The van der Waals surface area contributed by atoms with Gasteiger partial charge in [0.15, 0.2) is 0 Å². The second-order valence-electron chi connectivity index (χ2n) is 4.88. The van der Waals surface area contributed by atoms with E-state index in [1.165, 1.54) is 6.07 Å². The van der Waals surface area contributed by atoms with Crippen LogP contribution in [0.2, 0.25) is 5.02 Å². The number of benzene rings is 2. The smallest absolute Gasteiger partial charge is 0.142 e. The third-order valence-electron chi connectivity index (χ3n) is 3.16. The van der Waals surface area contributed by atoms with Gasteiger partial charge in [0, 0.05) is 6.04 Å². The molecule has 21 heavy (non-hydrogen) atoms. The van der Waals surface area contributed by atoms with Gasteiger partial charge in [0.05, 0.1) is 17.3 Å². The number of para-hydroxylation sites is 2. The summed E-state index contributed by atoms with van der Waals surface area (Å²) in [5, 5.41) is 3.48. The number of ether oxygens (including phenoxy) is 1. The molecule has 2 aromatic carbocycles. The van der Waals surface area contributed by atoms with Crippen LogP contribution in [0.3, 0.4) is 0 Å². The maximum absolute atomic E-state index is 13.5. The first-order valence-electron chi connectivity index (χ1n) is 7.05. The zero-order chi connectivity index (χ0) is 15.2. The predicted molar refractivity (Wildman–Crippen MR) is 85.7 cm³/mol. The summed E-state index contributed by atoms with van der Waals surface area (Å²) >= 11 is 5.71. The molecule has 0 aliphatic carbocycles. The predicted octanol–water partition coefficient (Wildman–Crippen LogP) is 5.44. The molecule has 1 atom stereocenters. The van der Waals surface area contributed by atoms with Gasteiger partial charge in [-0.15, -0.1) is 0 Å². The Morgan fingerprint density at radius 3 is 2.71 bits per heavy atom. The van der Waals surface area contributed by atoms with E-state index in [0.717, 1.165) is 23.4 Å². The van der Waals surface area contributed by atoms with Crippen molar-refractivity contribution in [3.63, 3.8) is 0 Å². The zero-order valence-electron chi connectivity index (χ0n) is 12.2. The van der Waals surface area contributed by atoms with Gasteiger partial charge >= 0.3 is 0 Å². The monoisotopic (exact) mass is 307 g/mol. The minimum absolute atomic E-state index is 0.0526. The number of nitrogens with one attached hydrogen (secondary N) is 1. The molecule has 0 saturated carbocycles. The van der Waals surface area contributed by atoms with E-state index in [1.54, 1.807) is 6.07 Å². The van der Waals surface area contributed by atoms with Crippen molar-refractivity contribution >= 4 is 17.3 Å². The average Bonchev–Trinajstić information content (AvgIpc) is 2.49. The largest absolute Gasteiger partial charge is 0.491 e. The lowest BCUT2D eigenvalue weighted by Crippen LogP contribution is -2.08. The molecule has 2 nitrogen and oxygen atoms in total. The first kappa shape index (κ1) is 15.6. The summed E-state index contributed by atoms with van der Waals surface area (Å²) in [6, 6.07) is 12.5. The Morgan fingerprint density at radius 1 is 1.24 bits per heavy atom. The van der Waals surface area contributed by atoms with Crippen molar-refractivity contribution in [3.05, 3.63) is 58.9 Å². The van der Waals surface area contributed by atoms with E-state index in [9.17, 15) is 4.39 Å². The molecule has 0 saturated heterocycles. The van der Waals surface area contributed by atoms with Crippen molar-refractivity contribution < 1.29 is 9.13 Å². The Labute approximate surface area is 129 Å². The molecule has 1 unspecified atom stereocenters. The van der Waals surface area contributed by atoms with Crippen molar-refractivity contribution in [3.8, 4) is 5.75 Å². The van der Waals surface area contributed by atoms with Gasteiger partial charge in [-0.25, -0.2) is 4.39 Å². The van der Waals surface area contributed by atoms with Crippen LogP contribution in [0.1, 0.15) is 31.9 Å². The topological polar surface area (TPSA) is 21.3 Å². The van der Waals surface area contributed by atoms with Gasteiger partial charge in [0.1, 0.15) is 11.6 Å². The molecule has 1 N–H and O–H groups in total. The minimum atomic E-state index is -0.404. The van der Waals surface area contributed by atoms with Crippen LogP contribution in [-0.4, -0.2) is 6.61 Å². The van der Waals surface area contributed by atoms with Gasteiger partial charge in [-0.2, -0.15) is 0 Å². The number of halogens is 2. The highest BCUT2D eigenvalue weighted by Gasteiger charge is 2.11. The van der Waals surface area contributed by atoms with Crippen molar-refractivity contribution in [2.75, 3.05) is 11.9 Å². The van der Waals surface area contributed by atoms with Crippen LogP contribution in [0.4, 0.5) is 10.1 Å². The zero-order valence-corrected chi connectivity index (χ0v) is 13.0. The fourth-order valence-corrected chi connectivity index (χ4v) is 2.14. The fraction of sp³-hybridized carbons (Fsp3) is 0.294. The molecule has 0 amide bonds. The van der Waals surface area contributed by atoms with Gasteiger partial charge < -0.3 is 10.1 Å². The third kappa shape index (κ3) is 4.11. The summed E-state index contributed by atoms with van der Waals surface area (Å²) in [5.41, 5.74) is 1.73. The van der Waals surface area contributed by atoms with Crippen molar-refractivity contribution in [2.45, 2.75) is 26.3 Å². The van der Waals surface area contributed by atoms with Crippen LogP contribution in [0.25, 0.3) is 0 Å². The van der Waals surface area contributed by atoms with Crippen LogP contribution in [-0.2, 0) is 0 Å². The Balaban J connectivity index is 2.15. The van der Waals surface area contributed by atoms with E-state index in [0.29, 0.717) is 6.61 Å². The summed E-state index contributed by atoms with van der Waals surface area (Å²) in [5.74, 6) is 0.402. The highest BCUT2D eigenvalue weighted by molar-refractivity contribution is 6.30. The number of hydrogen-bond acceptors (Lipinski definition) is 2. The second kappa shape index (κ2) is 7.32. The Bertz CT molecular complexity index is 603. The number of rotatable bonds is 6. The molecule has 0 aliphatic rings. The molecular formula is C17H19ClFNO. The van der Waals surface area contributed by atoms with Gasteiger partial charge in [-0.05, 0) is 43.2 Å². The van der Waals surface area contributed by atoms with Gasteiger partial charge in [-0.3, -0.25) is 0 Å². The van der Waals surface area contributed by atoms with E-state index in [-0.39, 0.29) is 11.1 Å². The van der Waals surface area contributed by atoms with Gasteiger partial charge in [0.2, 0.25) is 0 Å². The molecule has 0 fully saturated rings. The van der Waals surface area contributed by atoms with Gasteiger partial charge in [0.25, 0.3) is 0 Å². The third-order valence-corrected chi connectivity index (χ3v) is 3.47. The molecular weight excluding hydrogens is 289 g/mol. The van der Waals surface area contributed by atoms with Crippen molar-refractivity contribution in [1.29, 1.82) is 0 Å². The summed E-state index contributed by atoms with van der Waals surface area (Å²) in [6.07, 6.45) is 0.951. The quantitative estimate of drug-likeness (QED) is 0.767. The average molecular weight is 308 g/mol. The molecule has 0 aliphatic heterocycles. The molecule has 2 aromatic rings. The van der Waals surface area contributed by atoms with Crippen molar-refractivity contribution in [1.82, 2.24) is 0 Å². The summed E-state index contributed by atoms with van der Waals surface area (Å²) < 4.78 is 19.2. The van der Waals surface area contributed by atoms with E-state index >= 15 is 0 Å². The Morgan fingerprint density at radius 2 is 2.00 bits per heavy atom.